The average Bonchev–Trinajstić information content (AvgIpc) is 2.88. The second kappa shape index (κ2) is 13.5. The normalized spacial score (nSPS) is 18.6. The van der Waals surface area contributed by atoms with Gasteiger partial charge in [-0.1, -0.05) is 49.9 Å². The summed E-state index contributed by atoms with van der Waals surface area (Å²) < 4.78 is 10.5. The predicted molar refractivity (Wildman–Crippen MR) is 144 cm³/mol. The first kappa shape index (κ1) is 27.8. The maximum atomic E-state index is 11.1. The highest BCUT2D eigenvalue weighted by Crippen LogP contribution is 2.34. The Balaban J connectivity index is 0.000000240. The van der Waals surface area contributed by atoms with Crippen molar-refractivity contribution in [2.75, 3.05) is 14.2 Å². The van der Waals surface area contributed by atoms with Gasteiger partial charge in [-0.3, -0.25) is 4.79 Å². The van der Waals surface area contributed by atoms with Crippen LogP contribution in [0.5, 0.6) is 11.5 Å². The van der Waals surface area contributed by atoms with Crippen molar-refractivity contribution in [3.63, 3.8) is 0 Å². The molecule has 0 N–H and O–H groups in total. The quantitative estimate of drug-likeness (QED) is 0.328. The molecule has 186 valence electrons. The van der Waals surface area contributed by atoms with Crippen molar-refractivity contribution in [2.24, 2.45) is 5.92 Å². The van der Waals surface area contributed by atoms with Crippen molar-refractivity contribution < 1.29 is 19.1 Å². The van der Waals surface area contributed by atoms with E-state index in [0.717, 1.165) is 77.6 Å². The molecule has 4 nitrogen and oxygen atoms in total. The molecule has 2 aromatic carbocycles. The van der Waals surface area contributed by atoms with E-state index < -0.39 is 0 Å². The second-order valence-corrected chi connectivity index (χ2v) is 8.74. The van der Waals surface area contributed by atoms with Crippen molar-refractivity contribution in [1.29, 1.82) is 0 Å². The van der Waals surface area contributed by atoms with Crippen LogP contribution in [0, 0.1) is 19.8 Å². The minimum Gasteiger partial charge on any atom is -0.496 e. The van der Waals surface area contributed by atoms with Crippen molar-refractivity contribution in [3.05, 3.63) is 88.5 Å². The fraction of sp³-hybridized carbons (Fsp3) is 0.355. The van der Waals surface area contributed by atoms with Crippen LogP contribution in [0.25, 0.3) is 5.57 Å². The minimum atomic E-state index is 0. The highest BCUT2D eigenvalue weighted by Gasteiger charge is 2.23. The molecule has 0 saturated carbocycles. The average molecular weight is 475 g/mol. The fourth-order valence-electron chi connectivity index (χ4n) is 4.61. The Morgan fingerprint density at radius 1 is 0.886 bits per heavy atom. The molecule has 2 atom stereocenters. The van der Waals surface area contributed by atoms with E-state index in [-0.39, 0.29) is 19.3 Å². The van der Waals surface area contributed by atoms with Crippen LogP contribution in [0.15, 0.2) is 66.3 Å². The van der Waals surface area contributed by atoms with Gasteiger partial charge in [-0.25, -0.2) is 0 Å². The molecule has 0 fully saturated rings. The van der Waals surface area contributed by atoms with Gasteiger partial charge in [0.05, 0.1) is 14.2 Å². The van der Waals surface area contributed by atoms with Gasteiger partial charge in [0, 0.05) is 11.8 Å². The highest BCUT2D eigenvalue weighted by atomic mass is 16.5. The number of hydrogen-bond donors (Lipinski definition) is 0. The molecule has 2 aromatic rings. The molecule has 0 aliphatic heterocycles. The molecular weight excluding hydrogens is 436 g/mol. The Labute approximate surface area is 210 Å². The van der Waals surface area contributed by atoms with Crippen molar-refractivity contribution in [1.82, 2.24) is 0 Å². The predicted octanol–water partition coefficient (Wildman–Crippen LogP) is 7.19. The number of methoxy groups -OCH3 is 2. The van der Waals surface area contributed by atoms with Crippen molar-refractivity contribution >= 4 is 18.1 Å². The van der Waals surface area contributed by atoms with E-state index in [4.69, 9.17) is 9.47 Å². The maximum absolute atomic E-state index is 11.1. The number of ether oxygens (including phenoxy) is 2. The van der Waals surface area contributed by atoms with Gasteiger partial charge >= 0.3 is 0 Å². The van der Waals surface area contributed by atoms with E-state index in [1.54, 1.807) is 14.2 Å². The Bertz CT molecular complexity index is 1110. The van der Waals surface area contributed by atoms with Gasteiger partial charge in [-0.2, -0.15) is 0 Å². The van der Waals surface area contributed by atoms with Crippen molar-refractivity contribution in [2.45, 2.75) is 52.9 Å². The van der Waals surface area contributed by atoms with Gasteiger partial charge in [0.25, 0.3) is 0 Å². The Morgan fingerprint density at radius 3 is 2.17 bits per heavy atom. The standard InChI is InChI=1S/C15H18O2.C15H16O2.CH4/c2*1-11-9-12(7-8-15(11)17-2)14-6-4-3-5-13(14)10-16;/h4,6-10,13-14H,3,5H2,1-2H3;4,6-10H,3,5H2,1-2H3;1H4/t13-,14-;;/m1../s1. The van der Waals surface area contributed by atoms with E-state index >= 15 is 0 Å². The first-order valence-electron chi connectivity index (χ1n) is 11.8. The molecule has 0 amide bonds. The lowest BCUT2D eigenvalue weighted by Crippen LogP contribution is -2.15. The summed E-state index contributed by atoms with van der Waals surface area (Å²) in [4.78, 5) is 22.1. The summed E-state index contributed by atoms with van der Waals surface area (Å²) in [7, 11) is 3.34. The second-order valence-electron chi connectivity index (χ2n) is 8.74. The Kier molecular flexibility index (Phi) is 10.7. The molecule has 4 heteroatoms. The summed E-state index contributed by atoms with van der Waals surface area (Å²) in [6, 6.07) is 12.2. The number of allylic oxidation sites excluding steroid dienone is 6. The first-order chi connectivity index (χ1) is 16.5. The van der Waals surface area contributed by atoms with Gasteiger partial charge in [-0.15, -0.1) is 0 Å². The van der Waals surface area contributed by atoms with Crippen LogP contribution >= 0.6 is 0 Å². The van der Waals surface area contributed by atoms with Gasteiger partial charge < -0.3 is 14.3 Å². The molecule has 0 spiro atoms. The third-order valence-corrected chi connectivity index (χ3v) is 6.51. The minimum absolute atomic E-state index is 0. The zero-order valence-corrected chi connectivity index (χ0v) is 20.5. The molecule has 0 unspecified atom stereocenters. The van der Waals surface area contributed by atoms with E-state index in [0.29, 0.717) is 0 Å². The molecule has 0 heterocycles. The highest BCUT2D eigenvalue weighted by molar-refractivity contribution is 5.93. The van der Waals surface area contributed by atoms with Crippen LogP contribution in [-0.2, 0) is 9.59 Å². The number of carbonyl (C=O) groups excluding carboxylic acids is 2. The number of aryl methyl sites for hydroxylation is 2. The molecule has 35 heavy (non-hydrogen) atoms. The number of carbonyl (C=O) groups is 2. The van der Waals surface area contributed by atoms with Gasteiger partial charge in [-0.05, 0) is 91.1 Å². The van der Waals surface area contributed by atoms with E-state index in [1.165, 1.54) is 5.56 Å². The van der Waals surface area contributed by atoms with Crippen LogP contribution in [-0.4, -0.2) is 26.8 Å². The molecule has 0 saturated heterocycles. The van der Waals surface area contributed by atoms with Crippen LogP contribution in [0.4, 0.5) is 0 Å². The molecule has 2 aliphatic carbocycles. The molecular formula is C31H38O4. The van der Waals surface area contributed by atoms with Gasteiger partial charge in [0.15, 0.2) is 0 Å². The van der Waals surface area contributed by atoms with Gasteiger partial charge in [0.2, 0.25) is 0 Å². The van der Waals surface area contributed by atoms with E-state index in [2.05, 4.69) is 36.4 Å². The molecule has 4 rings (SSSR count). The number of hydrogen-bond acceptors (Lipinski definition) is 4. The number of benzene rings is 2. The van der Waals surface area contributed by atoms with Gasteiger partial charge in [0.1, 0.15) is 24.1 Å². The lowest BCUT2D eigenvalue weighted by Gasteiger charge is -2.24. The summed E-state index contributed by atoms with van der Waals surface area (Å²) in [6.45, 7) is 4.04. The van der Waals surface area contributed by atoms with Crippen LogP contribution in [0.1, 0.15) is 61.3 Å². The largest absolute Gasteiger partial charge is 0.496 e. The van der Waals surface area contributed by atoms with Crippen LogP contribution in [0.2, 0.25) is 0 Å². The van der Waals surface area contributed by atoms with Crippen LogP contribution < -0.4 is 9.47 Å². The molecule has 0 bridgehead atoms. The zero-order valence-electron chi connectivity index (χ0n) is 20.5. The smallest absolute Gasteiger partial charge is 0.146 e. The summed E-state index contributed by atoms with van der Waals surface area (Å²) in [5.74, 6) is 2.12. The number of rotatable bonds is 6. The summed E-state index contributed by atoms with van der Waals surface area (Å²) >= 11 is 0. The Morgan fingerprint density at radius 2 is 1.57 bits per heavy atom. The fourth-order valence-corrected chi connectivity index (χ4v) is 4.61. The maximum Gasteiger partial charge on any atom is 0.146 e. The SMILES string of the molecule is C.COc1ccc(C2=C(C=O)CCC=C2)cc1C.COc1ccc([C@H]2C=CCC[C@@H]2C=O)cc1C. The monoisotopic (exact) mass is 474 g/mol. The third kappa shape index (κ3) is 6.82. The third-order valence-electron chi connectivity index (χ3n) is 6.51. The van der Waals surface area contributed by atoms with Crippen molar-refractivity contribution in [3.8, 4) is 11.5 Å². The molecule has 0 radical (unpaired) electrons. The Hall–Kier alpha value is -3.40. The zero-order chi connectivity index (χ0) is 24.5. The summed E-state index contributed by atoms with van der Waals surface area (Å²) in [5.41, 5.74) is 6.42. The van der Waals surface area contributed by atoms with E-state index in [1.807, 2.05) is 38.1 Å². The molecule has 0 aromatic heterocycles. The summed E-state index contributed by atoms with van der Waals surface area (Å²) in [6.07, 6.45) is 14.3. The topological polar surface area (TPSA) is 52.6 Å². The number of aldehydes is 2. The first-order valence-corrected chi connectivity index (χ1v) is 11.8. The lowest BCUT2D eigenvalue weighted by molar-refractivity contribution is -0.111. The van der Waals surface area contributed by atoms with Crippen LogP contribution in [0.3, 0.4) is 0 Å². The van der Waals surface area contributed by atoms with E-state index in [9.17, 15) is 9.59 Å². The summed E-state index contributed by atoms with van der Waals surface area (Å²) in [5, 5.41) is 0. The lowest BCUT2D eigenvalue weighted by atomic mass is 9.80. The molecule has 2 aliphatic rings.